The molecule has 1 amide bonds. The van der Waals surface area contributed by atoms with E-state index in [1.807, 2.05) is 13.8 Å². The Hall–Kier alpha value is -2.04. The SMILES string of the molecule is CC(C)Oc1cccc(C(C(=O)O)N(C)C=O)c1. The van der Waals surface area contributed by atoms with Crippen LogP contribution in [0.15, 0.2) is 24.3 Å². The standard InChI is InChI=1S/C13H17NO4/c1-9(2)18-11-6-4-5-10(7-11)12(13(16)17)14(3)8-15/h4-9,12H,1-3H3,(H,16,17). The van der Waals surface area contributed by atoms with Crippen molar-refractivity contribution < 1.29 is 19.4 Å². The Morgan fingerprint density at radius 3 is 2.61 bits per heavy atom. The minimum absolute atomic E-state index is 0.00679. The van der Waals surface area contributed by atoms with Crippen molar-refractivity contribution in [1.29, 1.82) is 0 Å². The molecule has 1 rings (SSSR count). The zero-order valence-electron chi connectivity index (χ0n) is 10.7. The maximum atomic E-state index is 11.2. The molecule has 1 aromatic rings. The highest BCUT2D eigenvalue weighted by Gasteiger charge is 2.24. The predicted octanol–water partition coefficient (Wildman–Crippen LogP) is 1.69. The maximum absolute atomic E-state index is 11.2. The third-order valence-electron chi connectivity index (χ3n) is 2.35. The van der Waals surface area contributed by atoms with Crippen LogP contribution in [0.25, 0.3) is 0 Å². The number of carbonyl (C=O) groups excluding carboxylic acids is 1. The molecule has 0 saturated carbocycles. The Kier molecular flexibility index (Phi) is 4.71. The minimum Gasteiger partial charge on any atom is -0.491 e. The van der Waals surface area contributed by atoms with Gasteiger partial charge in [-0.15, -0.1) is 0 Å². The fourth-order valence-corrected chi connectivity index (χ4v) is 1.64. The molecule has 0 radical (unpaired) electrons. The number of ether oxygens (including phenoxy) is 1. The Bertz CT molecular complexity index is 431. The molecule has 98 valence electrons. The second-order valence-corrected chi connectivity index (χ2v) is 4.25. The van der Waals surface area contributed by atoms with E-state index in [-0.39, 0.29) is 6.10 Å². The fourth-order valence-electron chi connectivity index (χ4n) is 1.64. The van der Waals surface area contributed by atoms with Crippen molar-refractivity contribution in [2.75, 3.05) is 7.05 Å². The van der Waals surface area contributed by atoms with Crippen molar-refractivity contribution >= 4 is 12.4 Å². The first kappa shape index (κ1) is 14.0. The molecule has 0 aliphatic rings. The summed E-state index contributed by atoms with van der Waals surface area (Å²) in [7, 11) is 1.43. The van der Waals surface area contributed by atoms with Crippen LogP contribution >= 0.6 is 0 Å². The Morgan fingerprint density at radius 2 is 2.11 bits per heavy atom. The van der Waals surface area contributed by atoms with E-state index in [0.717, 1.165) is 4.90 Å². The van der Waals surface area contributed by atoms with Crippen LogP contribution < -0.4 is 4.74 Å². The largest absolute Gasteiger partial charge is 0.491 e. The first-order valence-electron chi connectivity index (χ1n) is 5.62. The lowest BCUT2D eigenvalue weighted by atomic mass is 10.1. The Labute approximate surface area is 106 Å². The highest BCUT2D eigenvalue weighted by atomic mass is 16.5. The first-order chi connectivity index (χ1) is 8.45. The van der Waals surface area contributed by atoms with Gasteiger partial charge in [-0.2, -0.15) is 0 Å². The molecule has 0 aromatic heterocycles. The summed E-state index contributed by atoms with van der Waals surface area (Å²) < 4.78 is 5.50. The molecule has 0 heterocycles. The summed E-state index contributed by atoms with van der Waals surface area (Å²) in [4.78, 5) is 23.0. The average Bonchev–Trinajstić information content (AvgIpc) is 2.28. The number of amides is 1. The lowest BCUT2D eigenvalue weighted by Crippen LogP contribution is -2.29. The number of rotatable bonds is 6. The minimum atomic E-state index is -1.08. The zero-order chi connectivity index (χ0) is 13.7. The highest BCUT2D eigenvalue weighted by molar-refractivity contribution is 5.78. The van der Waals surface area contributed by atoms with Gasteiger partial charge in [0.1, 0.15) is 5.75 Å². The van der Waals surface area contributed by atoms with E-state index in [4.69, 9.17) is 9.84 Å². The summed E-state index contributed by atoms with van der Waals surface area (Å²) >= 11 is 0. The van der Waals surface area contributed by atoms with Crippen molar-refractivity contribution in [1.82, 2.24) is 4.90 Å². The molecule has 0 spiro atoms. The van der Waals surface area contributed by atoms with Crippen molar-refractivity contribution in [2.24, 2.45) is 0 Å². The van der Waals surface area contributed by atoms with E-state index >= 15 is 0 Å². The van der Waals surface area contributed by atoms with Crippen molar-refractivity contribution in [2.45, 2.75) is 26.0 Å². The molecule has 0 fully saturated rings. The molecule has 1 atom stereocenters. The predicted molar refractivity (Wildman–Crippen MR) is 66.4 cm³/mol. The summed E-state index contributed by atoms with van der Waals surface area (Å²) in [6.07, 6.45) is 0.502. The van der Waals surface area contributed by atoms with Crippen LogP contribution in [-0.4, -0.2) is 35.5 Å². The van der Waals surface area contributed by atoms with Crippen LogP contribution in [0.4, 0.5) is 0 Å². The molecule has 5 nitrogen and oxygen atoms in total. The highest BCUT2D eigenvalue weighted by Crippen LogP contribution is 2.23. The molecule has 1 aromatic carbocycles. The monoisotopic (exact) mass is 251 g/mol. The van der Waals surface area contributed by atoms with E-state index in [0.29, 0.717) is 17.7 Å². The van der Waals surface area contributed by atoms with Gasteiger partial charge in [-0.05, 0) is 31.5 Å². The van der Waals surface area contributed by atoms with Gasteiger partial charge in [0.25, 0.3) is 0 Å². The number of hydrogen-bond acceptors (Lipinski definition) is 3. The molecule has 5 heteroatoms. The van der Waals surface area contributed by atoms with Gasteiger partial charge in [0.2, 0.25) is 6.41 Å². The summed E-state index contributed by atoms with van der Waals surface area (Å²) in [5.74, 6) is -0.487. The molecule has 0 saturated heterocycles. The zero-order valence-corrected chi connectivity index (χ0v) is 10.7. The molecular weight excluding hydrogens is 234 g/mol. The molecule has 1 unspecified atom stereocenters. The average molecular weight is 251 g/mol. The van der Waals surface area contributed by atoms with E-state index < -0.39 is 12.0 Å². The number of likely N-dealkylation sites (N-methyl/N-ethyl adjacent to an activating group) is 1. The van der Waals surface area contributed by atoms with Crippen molar-refractivity contribution in [3.05, 3.63) is 29.8 Å². The second kappa shape index (κ2) is 6.05. The van der Waals surface area contributed by atoms with Crippen molar-refractivity contribution in [3.63, 3.8) is 0 Å². The van der Waals surface area contributed by atoms with Gasteiger partial charge in [0.15, 0.2) is 6.04 Å². The third kappa shape index (κ3) is 3.48. The van der Waals surface area contributed by atoms with Crippen LogP contribution in [0.2, 0.25) is 0 Å². The van der Waals surface area contributed by atoms with Crippen LogP contribution in [0, 0.1) is 0 Å². The van der Waals surface area contributed by atoms with Gasteiger partial charge in [0.05, 0.1) is 6.10 Å². The van der Waals surface area contributed by atoms with Gasteiger partial charge >= 0.3 is 5.97 Å². The normalized spacial score (nSPS) is 12.0. The summed E-state index contributed by atoms with van der Waals surface area (Å²) in [5.41, 5.74) is 0.509. The number of carbonyl (C=O) groups is 2. The van der Waals surface area contributed by atoms with Crippen LogP contribution in [-0.2, 0) is 9.59 Å². The number of carboxylic acids is 1. The smallest absolute Gasteiger partial charge is 0.331 e. The summed E-state index contributed by atoms with van der Waals surface area (Å²) in [5, 5.41) is 9.16. The molecule has 0 aliphatic heterocycles. The quantitative estimate of drug-likeness (QED) is 0.781. The lowest BCUT2D eigenvalue weighted by Gasteiger charge is -2.21. The van der Waals surface area contributed by atoms with Crippen molar-refractivity contribution in [3.8, 4) is 5.75 Å². The molecular formula is C13H17NO4. The van der Waals surface area contributed by atoms with Crippen LogP contribution in [0.5, 0.6) is 5.75 Å². The number of carboxylic acid groups (broad SMARTS) is 1. The number of aliphatic carboxylic acids is 1. The molecule has 1 N–H and O–H groups in total. The van der Waals surface area contributed by atoms with E-state index in [1.54, 1.807) is 24.3 Å². The molecule has 0 bridgehead atoms. The summed E-state index contributed by atoms with van der Waals surface area (Å²) in [6.45, 7) is 3.78. The maximum Gasteiger partial charge on any atom is 0.331 e. The van der Waals surface area contributed by atoms with Gasteiger partial charge in [0, 0.05) is 7.05 Å². The van der Waals surface area contributed by atoms with Gasteiger partial charge in [-0.3, -0.25) is 4.79 Å². The van der Waals surface area contributed by atoms with E-state index in [2.05, 4.69) is 0 Å². The molecule has 0 aliphatic carbocycles. The Balaban J connectivity index is 3.05. The van der Waals surface area contributed by atoms with E-state index in [1.165, 1.54) is 7.05 Å². The topological polar surface area (TPSA) is 66.8 Å². The number of nitrogens with zero attached hydrogens (tertiary/aromatic N) is 1. The van der Waals surface area contributed by atoms with E-state index in [9.17, 15) is 9.59 Å². The third-order valence-corrected chi connectivity index (χ3v) is 2.35. The van der Waals surface area contributed by atoms with Crippen LogP contribution in [0.1, 0.15) is 25.5 Å². The number of hydrogen-bond donors (Lipinski definition) is 1. The Morgan fingerprint density at radius 1 is 1.44 bits per heavy atom. The first-order valence-corrected chi connectivity index (χ1v) is 5.62. The lowest BCUT2D eigenvalue weighted by molar-refractivity contribution is -0.145. The van der Waals surface area contributed by atoms with Gasteiger partial charge < -0.3 is 14.7 Å². The fraction of sp³-hybridized carbons (Fsp3) is 0.385. The van der Waals surface area contributed by atoms with Crippen LogP contribution in [0.3, 0.4) is 0 Å². The van der Waals surface area contributed by atoms with Gasteiger partial charge in [-0.1, -0.05) is 12.1 Å². The summed E-state index contributed by atoms with van der Waals surface area (Å²) in [6, 6.07) is 5.76. The number of benzene rings is 1. The van der Waals surface area contributed by atoms with Gasteiger partial charge in [-0.25, -0.2) is 4.79 Å². The molecule has 18 heavy (non-hydrogen) atoms. The second-order valence-electron chi connectivity index (χ2n) is 4.25.